The standard InChI is InChI=1S/C48H76O18/c1-21-28(50)29(51)33(55)39(61-21)64-36-24(20-49)62-40(35(57)32(36)54)66-42(60)48-17-15-43(2,3)19-23(48)22-9-10-26-45(6)13-12-27(63-41-34(56)30(52)31(53)37(65-41)38(58)59)44(4,5)25(45)11-14-47(26,8)46(22,7)16-18-48/h9,21,23-37,39-41,49-57H,10-20H2,1-8H3,(H,58,59)/t21-,23-,24+,25-,26+,27-,28-,29+,30-,31-,32+,33+,34+,35+,36+,37-,39-,40-,41+,45-,46+,47+,48-/m0/s1. The van der Waals surface area contributed by atoms with Gasteiger partial charge >= 0.3 is 11.9 Å². The minimum absolute atomic E-state index is 0.0952. The van der Waals surface area contributed by atoms with E-state index in [1.165, 1.54) is 12.5 Å². The summed E-state index contributed by atoms with van der Waals surface area (Å²) in [5.74, 6) is -1.76. The van der Waals surface area contributed by atoms with Crippen molar-refractivity contribution in [1.82, 2.24) is 0 Å². The van der Waals surface area contributed by atoms with E-state index in [0.717, 1.165) is 38.5 Å². The Morgan fingerprint density at radius 2 is 1.30 bits per heavy atom. The van der Waals surface area contributed by atoms with Gasteiger partial charge in [0.2, 0.25) is 6.29 Å². The topological polar surface area (TPSA) is 292 Å². The molecule has 0 aromatic carbocycles. The molecule has 0 unspecified atom stereocenters. The highest BCUT2D eigenvalue weighted by Crippen LogP contribution is 2.76. The van der Waals surface area contributed by atoms with Crippen molar-refractivity contribution in [3.05, 3.63) is 11.6 Å². The smallest absolute Gasteiger partial charge is 0.335 e. The van der Waals surface area contributed by atoms with Crippen LogP contribution in [0.25, 0.3) is 0 Å². The molecule has 18 nitrogen and oxygen atoms in total. The number of hydrogen-bond acceptors (Lipinski definition) is 17. The highest BCUT2D eigenvalue weighted by atomic mass is 16.7. The van der Waals surface area contributed by atoms with Crippen molar-refractivity contribution in [2.75, 3.05) is 6.61 Å². The van der Waals surface area contributed by atoms with Crippen molar-refractivity contribution < 1.29 is 89.1 Å². The zero-order chi connectivity index (χ0) is 48.4. The molecule has 3 heterocycles. The SMILES string of the molecule is C[C@@H]1O[C@@H](O[C@H]2[C@H](O)[C@@H](O)[C@H](OC(=O)[C@]34CCC(C)(C)C[C@H]3C3=CC[C@@H]5[C@@]6(C)CC[C@H](O[C@@H]7O[C@H](C(=O)O)[C@@H](O)[C@H](O)[C@H]7O)C(C)(C)[C@@H]6CC[C@@]5(C)[C@]3(C)CC4)O[C@@H]2CO)[C@H](O)[C@H](O)[C@H]1O. The fraction of sp³-hybridized carbons (Fsp3) is 0.917. The first-order chi connectivity index (χ1) is 30.7. The molecule has 5 aliphatic carbocycles. The minimum Gasteiger partial charge on any atom is -0.479 e. The molecule has 4 saturated carbocycles. The molecule has 376 valence electrons. The van der Waals surface area contributed by atoms with Gasteiger partial charge in [-0.2, -0.15) is 0 Å². The zero-order valence-corrected chi connectivity index (χ0v) is 39.6. The highest BCUT2D eigenvalue weighted by molar-refractivity contribution is 5.79. The van der Waals surface area contributed by atoms with Crippen LogP contribution in [0, 0.1) is 50.2 Å². The van der Waals surface area contributed by atoms with E-state index in [2.05, 4.69) is 54.5 Å². The quantitative estimate of drug-likeness (QED) is 0.0931. The van der Waals surface area contributed by atoms with Gasteiger partial charge in [0.05, 0.1) is 24.2 Å². The highest BCUT2D eigenvalue weighted by Gasteiger charge is 2.70. The van der Waals surface area contributed by atoms with Crippen LogP contribution in [-0.4, -0.2) is 168 Å². The van der Waals surface area contributed by atoms with Crippen molar-refractivity contribution in [2.24, 2.45) is 50.2 Å². The second kappa shape index (κ2) is 17.5. The van der Waals surface area contributed by atoms with E-state index < -0.39 is 128 Å². The Kier molecular flexibility index (Phi) is 13.4. The van der Waals surface area contributed by atoms with Crippen LogP contribution in [0.15, 0.2) is 11.6 Å². The Hall–Kier alpha value is -1.88. The van der Waals surface area contributed by atoms with Gasteiger partial charge in [0.15, 0.2) is 18.7 Å². The summed E-state index contributed by atoms with van der Waals surface area (Å²) in [6.45, 7) is 16.7. The number of carboxylic acid groups (broad SMARTS) is 1. The lowest BCUT2D eigenvalue weighted by atomic mass is 9.33. The number of rotatable bonds is 8. The van der Waals surface area contributed by atoms with Crippen LogP contribution in [0.1, 0.15) is 120 Å². The van der Waals surface area contributed by atoms with Gasteiger partial charge in [0.25, 0.3) is 0 Å². The van der Waals surface area contributed by atoms with Gasteiger partial charge < -0.3 is 79.5 Å². The summed E-state index contributed by atoms with van der Waals surface area (Å²) in [5.41, 5.74) is -0.846. The third kappa shape index (κ3) is 7.74. The second-order valence-electron chi connectivity index (χ2n) is 23.5. The number of hydrogen-bond donors (Lipinski definition) is 10. The molecular formula is C48H76O18. The summed E-state index contributed by atoms with van der Waals surface area (Å²) in [5, 5.41) is 106. The molecule has 0 spiro atoms. The van der Waals surface area contributed by atoms with Crippen LogP contribution in [0.5, 0.6) is 0 Å². The van der Waals surface area contributed by atoms with Gasteiger partial charge in [-0.25, -0.2) is 4.79 Å². The molecule has 0 bridgehead atoms. The lowest BCUT2D eigenvalue weighted by Gasteiger charge is -2.71. The number of carbonyl (C=O) groups is 2. The number of aliphatic carboxylic acids is 1. The maximum Gasteiger partial charge on any atom is 0.335 e. The molecule has 66 heavy (non-hydrogen) atoms. The van der Waals surface area contributed by atoms with Gasteiger partial charge in [-0.05, 0) is 116 Å². The Bertz CT molecular complexity index is 1860. The summed E-state index contributed by atoms with van der Waals surface area (Å²) >= 11 is 0. The number of aliphatic hydroxyl groups excluding tert-OH is 9. The summed E-state index contributed by atoms with van der Waals surface area (Å²) in [6.07, 6.45) is -14.5. The van der Waals surface area contributed by atoms with E-state index in [0.29, 0.717) is 25.7 Å². The third-order valence-corrected chi connectivity index (χ3v) is 19.2. The Balaban J connectivity index is 1.02. The fourth-order valence-corrected chi connectivity index (χ4v) is 15.0. The van der Waals surface area contributed by atoms with Gasteiger partial charge in [-0.3, -0.25) is 4.79 Å². The molecule has 7 fully saturated rings. The molecule has 0 aromatic rings. The van der Waals surface area contributed by atoms with Crippen molar-refractivity contribution in [3.8, 4) is 0 Å². The molecule has 3 saturated heterocycles. The first-order valence-electron chi connectivity index (χ1n) is 24.2. The van der Waals surface area contributed by atoms with Crippen molar-refractivity contribution >= 4 is 11.9 Å². The predicted molar refractivity (Wildman–Crippen MR) is 229 cm³/mol. The predicted octanol–water partition coefficient (Wildman–Crippen LogP) is 1.26. The number of carbonyl (C=O) groups excluding carboxylic acids is 1. The van der Waals surface area contributed by atoms with Gasteiger partial charge in [0.1, 0.15) is 61.0 Å². The van der Waals surface area contributed by atoms with Crippen LogP contribution in [0.3, 0.4) is 0 Å². The maximum absolute atomic E-state index is 14.9. The average Bonchev–Trinajstić information content (AvgIpc) is 3.25. The lowest BCUT2D eigenvalue weighted by Crippen LogP contribution is -2.66. The Morgan fingerprint density at radius 3 is 1.95 bits per heavy atom. The van der Waals surface area contributed by atoms with E-state index in [9.17, 15) is 60.7 Å². The van der Waals surface area contributed by atoms with Crippen LogP contribution in [0.4, 0.5) is 0 Å². The van der Waals surface area contributed by atoms with Crippen LogP contribution in [-0.2, 0) is 38.0 Å². The largest absolute Gasteiger partial charge is 0.479 e. The number of esters is 1. The molecule has 0 amide bonds. The van der Waals surface area contributed by atoms with Crippen LogP contribution < -0.4 is 0 Å². The summed E-state index contributed by atoms with van der Waals surface area (Å²) in [4.78, 5) is 26.8. The van der Waals surface area contributed by atoms with E-state index >= 15 is 0 Å². The molecule has 8 aliphatic rings. The lowest BCUT2D eigenvalue weighted by molar-refractivity contribution is -0.353. The van der Waals surface area contributed by atoms with E-state index in [1.54, 1.807) is 0 Å². The normalized spacial score (nSPS) is 53.2. The van der Waals surface area contributed by atoms with Gasteiger partial charge in [-0.1, -0.05) is 60.1 Å². The number of fused-ring (bicyclic) bond motifs is 7. The molecule has 3 aliphatic heterocycles. The zero-order valence-electron chi connectivity index (χ0n) is 39.6. The number of ether oxygens (including phenoxy) is 6. The van der Waals surface area contributed by atoms with Crippen molar-refractivity contribution in [1.29, 1.82) is 0 Å². The summed E-state index contributed by atoms with van der Waals surface area (Å²) < 4.78 is 35.4. The number of allylic oxidation sites excluding steroid dienone is 2. The first-order valence-corrected chi connectivity index (χ1v) is 24.2. The Morgan fingerprint density at radius 1 is 0.682 bits per heavy atom. The summed E-state index contributed by atoms with van der Waals surface area (Å²) in [6, 6.07) is 0. The number of carboxylic acids is 1. The Labute approximate surface area is 386 Å². The van der Waals surface area contributed by atoms with E-state index in [1.807, 2.05) is 0 Å². The summed E-state index contributed by atoms with van der Waals surface area (Å²) in [7, 11) is 0. The molecule has 10 N–H and O–H groups in total. The maximum atomic E-state index is 14.9. The fourth-order valence-electron chi connectivity index (χ4n) is 15.0. The van der Waals surface area contributed by atoms with Crippen molar-refractivity contribution in [3.63, 3.8) is 0 Å². The van der Waals surface area contributed by atoms with Gasteiger partial charge in [0, 0.05) is 0 Å². The molecular weight excluding hydrogens is 865 g/mol. The first kappa shape index (κ1) is 50.5. The molecule has 8 rings (SSSR count). The van der Waals surface area contributed by atoms with Crippen molar-refractivity contribution in [2.45, 2.75) is 218 Å². The van der Waals surface area contributed by atoms with Crippen LogP contribution in [0.2, 0.25) is 0 Å². The molecule has 18 heteroatoms. The second-order valence-corrected chi connectivity index (χ2v) is 23.5. The molecule has 23 atom stereocenters. The van der Waals surface area contributed by atoms with Gasteiger partial charge in [-0.15, -0.1) is 0 Å². The minimum atomic E-state index is -1.81. The average molecular weight is 941 g/mol. The third-order valence-electron chi connectivity index (χ3n) is 19.2. The molecule has 0 radical (unpaired) electrons. The van der Waals surface area contributed by atoms with E-state index in [4.69, 9.17) is 28.4 Å². The molecule has 0 aromatic heterocycles. The number of aliphatic hydroxyl groups is 9. The van der Waals surface area contributed by atoms with E-state index in [-0.39, 0.29) is 39.4 Å². The van der Waals surface area contributed by atoms with Crippen LogP contribution >= 0.6 is 0 Å². The monoisotopic (exact) mass is 941 g/mol.